The standard InChI is InChI=1S/C17H18ClN3O4S2/c1-21(10-15(22)19-12-6-7-12)17(23)11-2-4-13(5-3-11)20-27(24,25)16-9-8-14(18)26-16/h2-5,8-9,12,20H,6-7,10H2,1H3,(H,19,22). The van der Waals surface area contributed by atoms with Gasteiger partial charge in [-0.2, -0.15) is 0 Å². The average Bonchev–Trinajstić information content (AvgIpc) is 3.30. The van der Waals surface area contributed by atoms with Crippen molar-refractivity contribution in [1.29, 1.82) is 0 Å². The molecule has 0 unspecified atom stereocenters. The Labute approximate surface area is 166 Å². The first kappa shape index (κ1) is 19.7. The van der Waals surface area contributed by atoms with Crippen molar-refractivity contribution in [1.82, 2.24) is 10.2 Å². The topological polar surface area (TPSA) is 95.6 Å². The van der Waals surface area contributed by atoms with Crippen molar-refractivity contribution < 1.29 is 18.0 Å². The maximum Gasteiger partial charge on any atom is 0.271 e. The number of anilines is 1. The highest BCUT2D eigenvalue weighted by Crippen LogP contribution is 2.27. The van der Waals surface area contributed by atoms with Crippen molar-refractivity contribution in [2.75, 3.05) is 18.3 Å². The fourth-order valence-corrected chi connectivity index (χ4v) is 4.88. The van der Waals surface area contributed by atoms with E-state index in [-0.39, 0.29) is 28.6 Å². The number of hydrogen-bond donors (Lipinski definition) is 2. The number of carbonyl (C=O) groups is 2. The van der Waals surface area contributed by atoms with Gasteiger partial charge in [0.1, 0.15) is 4.21 Å². The summed E-state index contributed by atoms with van der Waals surface area (Å²) < 4.78 is 27.5. The molecule has 0 spiro atoms. The third-order valence-corrected chi connectivity index (χ3v) is 6.97. The second-order valence-corrected chi connectivity index (χ2v) is 9.87. The van der Waals surface area contributed by atoms with E-state index in [9.17, 15) is 18.0 Å². The quantitative estimate of drug-likeness (QED) is 0.709. The molecule has 2 amide bonds. The number of sulfonamides is 1. The van der Waals surface area contributed by atoms with E-state index in [1.165, 1.54) is 41.3 Å². The molecular formula is C17H18ClN3O4S2. The molecule has 1 aromatic carbocycles. The lowest BCUT2D eigenvalue weighted by molar-refractivity contribution is -0.121. The molecule has 0 aliphatic heterocycles. The summed E-state index contributed by atoms with van der Waals surface area (Å²) in [4.78, 5) is 25.5. The molecule has 1 aliphatic carbocycles. The van der Waals surface area contributed by atoms with Crippen LogP contribution in [0.15, 0.2) is 40.6 Å². The summed E-state index contributed by atoms with van der Waals surface area (Å²) in [5, 5.41) is 2.83. The molecule has 10 heteroatoms. The van der Waals surface area contributed by atoms with E-state index >= 15 is 0 Å². The molecule has 2 N–H and O–H groups in total. The zero-order chi connectivity index (χ0) is 19.6. The fourth-order valence-electron chi connectivity index (χ4n) is 2.34. The Hall–Kier alpha value is -2.10. The second kappa shape index (κ2) is 7.87. The van der Waals surface area contributed by atoms with Crippen LogP contribution < -0.4 is 10.0 Å². The molecular weight excluding hydrogens is 410 g/mol. The number of thiophene rings is 1. The number of rotatable bonds is 7. The van der Waals surface area contributed by atoms with Crippen molar-refractivity contribution in [2.24, 2.45) is 0 Å². The minimum Gasteiger partial charge on any atom is -0.352 e. The van der Waals surface area contributed by atoms with Crippen LogP contribution in [0.5, 0.6) is 0 Å². The predicted molar refractivity (Wildman–Crippen MR) is 105 cm³/mol. The average molecular weight is 428 g/mol. The molecule has 27 heavy (non-hydrogen) atoms. The molecule has 2 aromatic rings. The van der Waals surface area contributed by atoms with Gasteiger partial charge in [0, 0.05) is 24.3 Å². The molecule has 1 heterocycles. The maximum atomic E-state index is 12.4. The molecule has 1 saturated carbocycles. The molecule has 7 nitrogen and oxygen atoms in total. The molecule has 0 saturated heterocycles. The summed E-state index contributed by atoms with van der Waals surface area (Å²) in [6.45, 7) is -0.0249. The lowest BCUT2D eigenvalue weighted by Crippen LogP contribution is -2.39. The molecule has 3 rings (SSSR count). The Morgan fingerprint density at radius 1 is 1.19 bits per heavy atom. The van der Waals surface area contributed by atoms with Crippen LogP contribution in [0, 0.1) is 0 Å². The number of nitrogens with zero attached hydrogens (tertiary/aromatic N) is 1. The predicted octanol–water partition coefficient (Wildman–Crippen LogP) is 2.55. The van der Waals surface area contributed by atoms with Gasteiger partial charge in [-0.05, 0) is 49.2 Å². The zero-order valence-corrected chi connectivity index (χ0v) is 16.8. The number of nitrogens with one attached hydrogen (secondary N) is 2. The molecule has 144 valence electrons. The van der Waals surface area contributed by atoms with Crippen LogP contribution in [-0.4, -0.2) is 44.8 Å². The van der Waals surface area contributed by atoms with Crippen LogP contribution in [0.2, 0.25) is 4.34 Å². The van der Waals surface area contributed by atoms with Crippen LogP contribution in [0.25, 0.3) is 0 Å². The minimum absolute atomic E-state index is 0.0249. The summed E-state index contributed by atoms with van der Waals surface area (Å²) in [6.07, 6.45) is 1.97. The van der Waals surface area contributed by atoms with Gasteiger partial charge in [0.25, 0.3) is 15.9 Å². The number of carbonyl (C=O) groups excluding carboxylic acids is 2. The van der Waals surface area contributed by atoms with Crippen molar-refractivity contribution in [3.63, 3.8) is 0 Å². The highest BCUT2D eigenvalue weighted by atomic mass is 35.5. The van der Waals surface area contributed by atoms with E-state index < -0.39 is 10.0 Å². The first-order chi connectivity index (χ1) is 12.7. The van der Waals surface area contributed by atoms with Gasteiger partial charge in [-0.15, -0.1) is 11.3 Å². The SMILES string of the molecule is CN(CC(=O)NC1CC1)C(=O)c1ccc(NS(=O)(=O)c2ccc(Cl)s2)cc1. The Bertz CT molecular complexity index is 953. The highest BCUT2D eigenvalue weighted by Gasteiger charge is 2.24. The third kappa shape index (κ3) is 5.21. The van der Waals surface area contributed by atoms with Gasteiger partial charge in [0.15, 0.2) is 0 Å². The number of amides is 2. The number of halogens is 1. The van der Waals surface area contributed by atoms with Crippen molar-refractivity contribution in [3.8, 4) is 0 Å². The fraction of sp³-hybridized carbons (Fsp3) is 0.294. The number of likely N-dealkylation sites (N-methyl/N-ethyl adjacent to an activating group) is 1. The van der Waals surface area contributed by atoms with Gasteiger partial charge in [-0.1, -0.05) is 11.6 Å². The minimum atomic E-state index is -3.73. The highest BCUT2D eigenvalue weighted by molar-refractivity contribution is 7.94. The Morgan fingerprint density at radius 3 is 2.41 bits per heavy atom. The molecule has 1 aromatic heterocycles. The molecule has 1 fully saturated rings. The molecule has 0 bridgehead atoms. The van der Waals surface area contributed by atoms with E-state index in [4.69, 9.17) is 11.6 Å². The van der Waals surface area contributed by atoms with Gasteiger partial charge >= 0.3 is 0 Å². The zero-order valence-electron chi connectivity index (χ0n) is 14.4. The van der Waals surface area contributed by atoms with Crippen LogP contribution in [0.4, 0.5) is 5.69 Å². The van der Waals surface area contributed by atoms with Crippen molar-refractivity contribution in [3.05, 3.63) is 46.3 Å². The van der Waals surface area contributed by atoms with Crippen molar-refractivity contribution >= 4 is 50.5 Å². The monoisotopic (exact) mass is 427 g/mol. The summed E-state index contributed by atoms with van der Waals surface area (Å²) in [6, 6.07) is 9.20. The molecule has 0 atom stereocenters. The van der Waals surface area contributed by atoms with E-state index in [1.807, 2.05) is 0 Å². The van der Waals surface area contributed by atoms with E-state index in [1.54, 1.807) is 7.05 Å². The molecule has 1 aliphatic rings. The van der Waals surface area contributed by atoms with Gasteiger partial charge in [-0.3, -0.25) is 14.3 Å². The Morgan fingerprint density at radius 2 is 1.85 bits per heavy atom. The normalized spacial score (nSPS) is 13.9. The third-order valence-electron chi connectivity index (χ3n) is 3.87. The summed E-state index contributed by atoms with van der Waals surface area (Å²) in [5.74, 6) is -0.507. The summed E-state index contributed by atoms with van der Waals surface area (Å²) in [7, 11) is -2.18. The van der Waals surface area contributed by atoms with Crippen LogP contribution in [0.3, 0.4) is 0 Å². The van der Waals surface area contributed by atoms with Gasteiger partial charge in [0.05, 0.1) is 10.9 Å². The lowest BCUT2D eigenvalue weighted by Gasteiger charge is -2.17. The largest absolute Gasteiger partial charge is 0.352 e. The smallest absolute Gasteiger partial charge is 0.271 e. The van der Waals surface area contributed by atoms with E-state index in [0.29, 0.717) is 15.6 Å². The first-order valence-electron chi connectivity index (χ1n) is 8.17. The summed E-state index contributed by atoms with van der Waals surface area (Å²) in [5.41, 5.74) is 0.684. The van der Waals surface area contributed by atoms with Crippen molar-refractivity contribution in [2.45, 2.75) is 23.1 Å². The Kier molecular flexibility index (Phi) is 5.73. The van der Waals surface area contributed by atoms with Gasteiger partial charge in [0.2, 0.25) is 5.91 Å². The van der Waals surface area contributed by atoms with Crippen LogP contribution in [0.1, 0.15) is 23.2 Å². The van der Waals surface area contributed by atoms with Gasteiger partial charge < -0.3 is 10.2 Å². The summed E-state index contributed by atoms with van der Waals surface area (Å²) >= 11 is 6.73. The maximum absolute atomic E-state index is 12.4. The van der Waals surface area contributed by atoms with E-state index in [0.717, 1.165) is 24.2 Å². The van der Waals surface area contributed by atoms with E-state index in [2.05, 4.69) is 10.0 Å². The lowest BCUT2D eigenvalue weighted by atomic mass is 10.2. The molecule has 0 radical (unpaired) electrons. The number of benzene rings is 1. The number of hydrogen-bond acceptors (Lipinski definition) is 5. The van der Waals surface area contributed by atoms with Gasteiger partial charge in [-0.25, -0.2) is 8.42 Å². The second-order valence-electron chi connectivity index (χ2n) is 6.24. The first-order valence-corrected chi connectivity index (χ1v) is 10.9. The van der Waals surface area contributed by atoms with Crippen LogP contribution >= 0.6 is 22.9 Å². The Balaban J connectivity index is 1.62. The van der Waals surface area contributed by atoms with Crippen LogP contribution in [-0.2, 0) is 14.8 Å².